The molecule has 0 saturated carbocycles. The molecular weight excluding hydrogens is 331 g/mol. The number of nitrogens with one attached hydrogen (secondary N) is 1. The fourth-order valence-corrected chi connectivity index (χ4v) is 3.86. The molecule has 0 saturated heterocycles. The van der Waals surface area contributed by atoms with Gasteiger partial charge in [0.15, 0.2) is 15.8 Å². The third kappa shape index (κ3) is 3.54. The first-order chi connectivity index (χ1) is 10.4. The first-order valence-electron chi connectivity index (χ1n) is 6.24. The van der Waals surface area contributed by atoms with Gasteiger partial charge in [0.05, 0.1) is 14.2 Å². The zero-order valence-corrected chi connectivity index (χ0v) is 13.8. The first kappa shape index (κ1) is 16.7. The Morgan fingerprint density at radius 2 is 2.00 bits per heavy atom. The molecule has 120 valence electrons. The lowest BCUT2D eigenvalue weighted by molar-refractivity contribution is 0.386. The number of hydrogen-bond donors (Lipinski definition) is 1. The molecule has 2 aromatic rings. The zero-order valence-electron chi connectivity index (χ0n) is 12.2. The maximum Gasteiger partial charge on any atom is 0.252 e. The van der Waals surface area contributed by atoms with E-state index in [2.05, 4.69) is 9.10 Å². The second kappa shape index (κ2) is 6.59. The minimum atomic E-state index is -3.75. The lowest BCUT2D eigenvalue weighted by Gasteiger charge is -2.14. The average molecular weight is 346 g/mol. The highest BCUT2D eigenvalue weighted by atomic mass is 32.2. The number of halogens is 1. The molecular formula is C13H15FN2O4S2. The van der Waals surface area contributed by atoms with Gasteiger partial charge in [-0.2, -0.15) is 4.37 Å². The van der Waals surface area contributed by atoms with Crippen molar-refractivity contribution in [2.24, 2.45) is 0 Å². The van der Waals surface area contributed by atoms with Gasteiger partial charge in [0.2, 0.25) is 5.88 Å². The summed E-state index contributed by atoms with van der Waals surface area (Å²) in [6, 6.07) is 5.00. The van der Waals surface area contributed by atoms with Crippen LogP contribution < -0.4 is 14.2 Å². The fraction of sp³-hybridized carbons (Fsp3) is 0.308. The van der Waals surface area contributed by atoms with Crippen LogP contribution in [0.15, 0.2) is 28.5 Å². The van der Waals surface area contributed by atoms with Crippen molar-refractivity contribution in [1.29, 1.82) is 0 Å². The summed E-state index contributed by atoms with van der Waals surface area (Å²) in [4.78, 5) is 0. The molecule has 1 aromatic carbocycles. The number of hydrogen-bond acceptors (Lipinski definition) is 6. The van der Waals surface area contributed by atoms with E-state index in [-0.39, 0.29) is 15.8 Å². The van der Waals surface area contributed by atoms with Crippen LogP contribution in [0.5, 0.6) is 11.6 Å². The molecule has 0 aliphatic heterocycles. The Kier molecular flexibility index (Phi) is 4.99. The summed E-state index contributed by atoms with van der Waals surface area (Å²) in [6.45, 7) is 1.62. The van der Waals surface area contributed by atoms with Crippen molar-refractivity contribution in [3.8, 4) is 11.6 Å². The molecule has 0 spiro atoms. The standard InChI is InChI=1S/C13H15FN2O4S2/c1-8(9-4-5-11(19-2)10(14)6-9)16-22(17,18)13-7-12(20-3)15-21-13/h4-8,16H,1-3H3. The van der Waals surface area contributed by atoms with Crippen molar-refractivity contribution < 1.29 is 22.3 Å². The molecule has 1 atom stereocenters. The van der Waals surface area contributed by atoms with E-state index >= 15 is 0 Å². The molecule has 0 radical (unpaired) electrons. The van der Waals surface area contributed by atoms with Gasteiger partial charge in [0, 0.05) is 12.1 Å². The van der Waals surface area contributed by atoms with Crippen LogP contribution in [-0.2, 0) is 10.0 Å². The minimum Gasteiger partial charge on any atom is -0.494 e. The van der Waals surface area contributed by atoms with E-state index in [0.29, 0.717) is 5.56 Å². The smallest absolute Gasteiger partial charge is 0.252 e. The number of ether oxygens (including phenoxy) is 2. The van der Waals surface area contributed by atoms with Crippen LogP contribution in [0.4, 0.5) is 4.39 Å². The Hall–Kier alpha value is -1.71. The van der Waals surface area contributed by atoms with Crippen LogP contribution in [0.1, 0.15) is 18.5 Å². The quantitative estimate of drug-likeness (QED) is 0.869. The summed E-state index contributed by atoms with van der Waals surface area (Å²) >= 11 is 0.808. The highest BCUT2D eigenvalue weighted by Gasteiger charge is 2.22. The van der Waals surface area contributed by atoms with Gasteiger partial charge in [-0.15, -0.1) is 0 Å². The van der Waals surface area contributed by atoms with Crippen LogP contribution in [-0.4, -0.2) is 27.0 Å². The average Bonchev–Trinajstić information content (AvgIpc) is 2.96. The van der Waals surface area contributed by atoms with Gasteiger partial charge in [-0.05, 0) is 36.2 Å². The molecule has 0 bridgehead atoms. The summed E-state index contributed by atoms with van der Waals surface area (Å²) in [6.07, 6.45) is 0. The predicted octanol–water partition coefficient (Wildman–Crippen LogP) is 2.34. The van der Waals surface area contributed by atoms with Gasteiger partial charge >= 0.3 is 0 Å². The van der Waals surface area contributed by atoms with E-state index in [0.717, 1.165) is 11.5 Å². The van der Waals surface area contributed by atoms with Crippen molar-refractivity contribution in [1.82, 2.24) is 9.10 Å². The number of rotatable bonds is 6. The van der Waals surface area contributed by atoms with Crippen LogP contribution in [0, 0.1) is 5.82 Å². The SMILES string of the molecule is COc1cc(S(=O)(=O)NC(C)c2ccc(OC)c(F)c2)sn1. The van der Waals surface area contributed by atoms with Crippen molar-refractivity contribution in [3.05, 3.63) is 35.6 Å². The van der Waals surface area contributed by atoms with E-state index in [1.165, 1.54) is 32.4 Å². The second-order valence-corrected chi connectivity index (χ2v) is 7.17. The van der Waals surface area contributed by atoms with E-state index < -0.39 is 21.9 Å². The molecule has 0 aliphatic rings. The molecule has 9 heteroatoms. The third-order valence-corrected chi connectivity index (χ3v) is 5.71. The largest absolute Gasteiger partial charge is 0.494 e. The highest BCUT2D eigenvalue weighted by Crippen LogP contribution is 2.25. The van der Waals surface area contributed by atoms with Gasteiger partial charge in [0.1, 0.15) is 0 Å². The molecule has 0 amide bonds. The number of aromatic nitrogens is 1. The normalized spacial score (nSPS) is 12.9. The van der Waals surface area contributed by atoms with E-state index in [1.54, 1.807) is 13.0 Å². The highest BCUT2D eigenvalue weighted by molar-refractivity contribution is 7.91. The number of benzene rings is 1. The zero-order chi connectivity index (χ0) is 16.3. The molecule has 1 N–H and O–H groups in total. The molecule has 1 heterocycles. The van der Waals surface area contributed by atoms with Crippen molar-refractivity contribution in [3.63, 3.8) is 0 Å². The van der Waals surface area contributed by atoms with Gasteiger partial charge in [-0.3, -0.25) is 0 Å². The van der Waals surface area contributed by atoms with Crippen LogP contribution >= 0.6 is 11.5 Å². The van der Waals surface area contributed by atoms with Crippen molar-refractivity contribution >= 4 is 21.6 Å². The Morgan fingerprint density at radius 1 is 1.27 bits per heavy atom. The maximum atomic E-state index is 13.7. The summed E-state index contributed by atoms with van der Waals surface area (Å²) in [5.74, 6) is -0.218. The Bertz CT molecular complexity index is 761. The predicted molar refractivity (Wildman–Crippen MR) is 80.4 cm³/mol. The molecule has 22 heavy (non-hydrogen) atoms. The molecule has 0 fully saturated rings. The topological polar surface area (TPSA) is 77.5 Å². The number of nitrogens with zero attached hydrogens (tertiary/aromatic N) is 1. The third-order valence-electron chi connectivity index (χ3n) is 2.95. The molecule has 6 nitrogen and oxygen atoms in total. The fourth-order valence-electron chi connectivity index (χ4n) is 1.78. The summed E-state index contributed by atoms with van der Waals surface area (Å²) < 4.78 is 54.2. The van der Waals surface area contributed by atoms with Crippen LogP contribution in [0.25, 0.3) is 0 Å². The molecule has 0 aliphatic carbocycles. The summed E-state index contributed by atoms with van der Waals surface area (Å²) in [5, 5.41) is 0. The van der Waals surface area contributed by atoms with E-state index in [9.17, 15) is 12.8 Å². The molecule has 1 aromatic heterocycles. The summed E-state index contributed by atoms with van der Waals surface area (Å²) in [5.41, 5.74) is 0.485. The number of methoxy groups -OCH3 is 2. The van der Waals surface area contributed by atoms with Crippen LogP contribution in [0.2, 0.25) is 0 Å². The Balaban J connectivity index is 2.20. The minimum absolute atomic E-state index is 0.0326. The van der Waals surface area contributed by atoms with Crippen molar-refractivity contribution in [2.75, 3.05) is 14.2 Å². The first-order valence-corrected chi connectivity index (χ1v) is 8.49. The summed E-state index contributed by atoms with van der Waals surface area (Å²) in [7, 11) is -0.986. The lowest BCUT2D eigenvalue weighted by atomic mass is 10.1. The van der Waals surface area contributed by atoms with Crippen LogP contribution in [0.3, 0.4) is 0 Å². The Labute approximate surface area is 132 Å². The molecule has 1 unspecified atom stereocenters. The Morgan fingerprint density at radius 3 is 2.55 bits per heavy atom. The lowest BCUT2D eigenvalue weighted by Crippen LogP contribution is -2.26. The second-order valence-electron chi connectivity index (χ2n) is 4.43. The van der Waals surface area contributed by atoms with Crippen molar-refractivity contribution in [2.45, 2.75) is 17.2 Å². The van der Waals surface area contributed by atoms with Gasteiger partial charge in [0.25, 0.3) is 10.0 Å². The maximum absolute atomic E-state index is 13.7. The van der Waals surface area contributed by atoms with Gasteiger partial charge in [-0.1, -0.05) is 6.07 Å². The van der Waals surface area contributed by atoms with Gasteiger partial charge in [-0.25, -0.2) is 17.5 Å². The van der Waals surface area contributed by atoms with E-state index in [4.69, 9.17) is 9.47 Å². The molecule has 2 rings (SSSR count). The van der Waals surface area contributed by atoms with Gasteiger partial charge < -0.3 is 9.47 Å². The number of sulfonamides is 1. The monoisotopic (exact) mass is 346 g/mol. The van der Waals surface area contributed by atoms with E-state index in [1.807, 2.05) is 0 Å².